The number of alkyl halides is 3. The molecule has 0 aliphatic carbocycles. The summed E-state index contributed by atoms with van der Waals surface area (Å²) < 4.78 is 42.0. The predicted molar refractivity (Wildman–Crippen MR) is 92.3 cm³/mol. The molecule has 1 aliphatic rings. The fourth-order valence-corrected chi connectivity index (χ4v) is 3.27. The number of ether oxygens (including phenoxy) is 1. The standard InChI is InChI=1S/C18H12F3NO3S/c1-10(15-16(23)22-17(24)26-15)11-5-4-6-12(9-11)13-7-2-3-8-14(13)25-18(19,20)21/h2-9H,1H3,(H,22,23,24). The van der Waals surface area contributed by atoms with Gasteiger partial charge in [0.05, 0.1) is 4.91 Å². The van der Waals surface area contributed by atoms with Gasteiger partial charge in [-0.05, 0) is 47.5 Å². The summed E-state index contributed by atoms with van der Waals surface area (Å²) in [5, 5.41) is 1.73. The molecular weight excluding hydrogens is 367 g/mol. The quantitative estimate of drug-likeness (QED) is 0.766. The van der Waals surface area contributed by atoms with E-state index in [4.69, 9.17) is 0 Å². The van der Waals surface area contributed by atoms with Gasteiger partial charge in [-0.3, -0.25) is 14.9 Å². The van der Waals surface area contributed by atoms with Gasteiger partial charge >= 0.3 is 6.36 Å². The van der Waals surface area contributed by atoms with Crippen LogP contribution in [-0.4, -0.2) is 17.5 Å². The van der Waals surface area contributed by atoms with Crippen LogP contribution in [0.5, 0.6) is 5.75 Å². The molecule has 26 heavy (non-hydrogen) atoms. The minimum atomic E-state index is -4.80. The Kier molecular flexibility index (Phi) is 4.78. The summed E-state index contributed by atoms with van der Waals surface area (Å²) in [6.45, 7) is 1.68. The second-order valence-electron chi connectivity index (χ2n) is 5.42. The van der Waals surface area contributed by atoms with Gasteiger partial charge in [0.1, 0.15) is 5.75 Å². The number of nitrogens with one attached hydrogen (secondary N) is 1. The minimum absolute atomic E-state index is 0.268. The first-order valence-electron chi connectivity index (χ1n) is 7.44. The van der Waals surface area contributed by atoms with Gasteiger partial charge in [-0.2, -0.15) is 0 Å². The van der Waals surface area contributed by atoms with Crippen LogP contribution in [0.1, 0.15) is 12.5 Å². The van der Waals surface area contributed by atoms with Gasteiger partial charge in [0.15, 0.2) is 0 Å². The Hall–Kier alpha value is -2.74. The van der Waals surface area contributed by atoms with Crippen LogP contribution < -0.4 is 10.1 Å². The summed E-state index contributed by atoms with van der Waals surface area (Å²) >= 11 is 0.796. The predicted octanol–water partition coefficient (Wildman–Crippen LogP) is 4.97. The van der Waals surface area contributed by atoms with Crippen molar-refractivity contribution < 1.29 is 27.5 Å². The topological polar surface area (TPSA) is 55.4 Å². The van der Waals surface area contributed by atoms with Crippen LogP contribution in [0.25, 0.3) is 16.7 Å². The summed E-state index contributed by atoms with van der Waals surface area (Å²) in [5.74, 6) is -0.797. The fourth-order valence-electron chi connectivity index (χ4n) is 2.53. The van der Waals surface area contributed by atoms with Crippen LogP contribution in [0.15, 0.2) is 53.4 Å². The van der Waals surface area contributed by atoms with Crippen LogP contribution in [-0.2, 0) is 4.79 Å². The molecule has 2 amide bonds. The van der Waals surface area contributed by atoms with E-state index in [-0.39, 0.29) is 16.2 Å². The molecule has 4 nitrogen and oxygen atoms in total. The molecule has 3 rings (SSSR count). The summed E-state index contributed by atoms with van der Waals surface area (Å²) in [6, 6.07) is 12.5. The fraction of sp³-hybridized carbons (Fsp3) is 0.111. The monoisotopic (exact) mass is 379 g/mol. The molecule has 0 bridgehead atoms. The molecule has 1 heterocycles. The van der Waals surface area contributed by atoms with Crippen molar-refractivity contribution >= 4 is 28.5 Å². The third-order valence-corrected chi connectivity index (χ3v) is 4.66. The van der Waals surface area contributed by atoms with E-state index in [1.54, 1.807) is 37.3 Å². The number of amides is 2. The summed E-state index contributed by atoms with van der Waals surface area (Å²) in [5.41, 5.74) is 1.95. The Morgan fingerprint density at radius 2 is 1.81 bits per heavy atom. The van der Waals surface area contributed by atoms with Crippen molar-refractivity contribution in [1.82, 2.24) is 5.32 Å². The van der Waals surface area contributed by atoms with Crippen LogP contribution in [0.4, 0.5) is 18.0 Å². The van der Waals surface area contributed by atoms with Crippen molar-refractivity contribution in [3.63, 3.8) is 0 Å². The zero-order chi connectivity index (χ0) is 18.9. The lowest BCUT2D eigenvalue weighted by Crippen LogP contribution is -2.18. The van der Waals surface area contributed by atoms with Crippen LogP contribution in [0, 0.1) is 0 Å². The average Bonchev–Trinajstić information content (AvgIpc) is 2.92. The second-order valence-corrected chi connectivity index (χ2v) is 6.41. The van der Waals surface area contributed by atoms with E-state index in [2.05, 4.69) is 10.1 Å². The molecule has 0 saturated carbocycles. The number of halogens is 3. The first kappa shape index (κ1) is 18.1. The number of allylic oxidation sites excluding steroid dienone is 1. The summed E-state index contributed by atoms with van der Waals surface area (Å²) in [6.07, 6.45) is -4.80. The Bertz CT molecular complexity index is 922. The molecule has 8 heteroatoms. The molecule has 2 aromatic rings. The van der Waals surface area contributed by atoms with Crippen molar-refractivity contribution in [3.05, 3.63) is 59.0 Å². The normalized spacial score (nSPS) is 16.5. The molecule has 1 saturated heterocycles. The maximum atomic E-state index is 12.6. The number of hydrogen-bond acceptors (Lipinski definition) is 4. The molecule has 0 unspecified atom stereocenters. The van der Waals surface area contributed by atoms with Gasteiger partial charge in [0.2, 0.25) is 0 Å². The van der Waals surface area contributed by atoms with Gasteiger partial charge in [-0.25, -0.2) is 0 Å². The lowest BCUT2D eigenvalue weighted by atomic mass is 9.99. The Morgan fingerprint density at radius 1 is 1.08 bits per heavy atom. The first-order chi connectivity index (χ1) is 12.2. The summed E-state index contributed by atoms with van der Waals surface area (Å²) in [4.78, 5) is 23.4. The van der Waals surface area contributed by atoms with Crippen LogP contribution in [0.3, 0.4) is 0 Å². The van der Waals surface area contributed by atoms with Crippen molar-refractivity contribution in [2.24, 2.45) is 0 Å². The van der Waals surface area contributed by atoms with Crippen molar-refractivity contribution in [3.8, 4) is 16.9 Å². The number of carbonyl (C=O) groups is 2. The number of imide groups is 1. The zero-order valence-corrected chi connectivity index (χ0v) is 14.2. The molecule has 1 fully saturated rings. The maximum Gasteiger partial charge on any atom is 0.573 e. The van der Waals surface area contributed by atoms with Crippen molar-refractivity contribution in [2.75, 3.05) is 0 Å². The molecular formula is C18H12F3NO3S. The van der Waals surface area contributed by atoms with Gasteiger partial charge in [-0.15, -0.1) is 13.2 Å². The third-order valence-electron chi connectivity index (χ3n) is 3.68. The minimum Gasteiger partial charge on any atom is -0.405 e. The third kappa shape index (κ3) is 3.91. The van der Waals surface area contributed by atoms with Crippen LogP contribution in [0.2, 0.25) is 0 Å². The number of thioether (sulfide) groups is 1. The van der Waals surface area contributed by atoms with E-state index < -0.39 is 17.5 Å². The van der Waals surface area contributed by atoms with Gasteiger partial charge in [-0.1, -0.05) is 36.4 Å². The molecule has 0 radical (unpaired) electrons. The Balaban J connectivity index is 2.03. The van der Waals surface area contributed by atoms with E-state index in [1.165, 1.54) is 18.2 Å². The molecule has 2 aromatic carbocycles. The molecule has 0 atom stereocenters. The maximum absolute atomic E-state index is 12.6. The number of benzene rings is 2. The first-order valence-corrected chi connectivity index (χ1v) is 8.26. The number of carbonyl (C=O) groups excluding carboxylic acids is 2. The van der Waals surface area contributed by atoms with E-state index in [0.29, 0.717) is 16.7 Å². The van der Waals surface area contributed by atoms with E-state index in [9.17, 15) is 22.8 Å². The molecule has 134 valence electrons. The Labute approximate surface area is 151 Å². The lowest BCUT2D eigenvalue weighted by molar-refractivity contribution is -0.274. The Morgan fingerprint density at radius 3 is 2.46 bits per heavy atom. The average molecular weight is 379 g/mol. The number of hydrogen-bond donors (Lipinski definition) is 1. The molecule has 1 N–H and O–H groups in total. The van der Waals surface area contributed by atoms with E-state index >= 15 is 0 Å². The number of para-hydroxylation sites is 1. The highest BCUT2D eigenvalue weighted by atomic mass is 32.2. The lowest BCUT2D eigenvalue weighted by Gasteiger charge is -2.14. The molecule has 0 aromatic heterocycles. The van der Waals surface area contributed by atoms with E-state index in [1.807, 2.05) is 0 Å². The highest BCUT2D eigenvalue weighted by Crippen LogP contribution is 2.36. The van der Waals surface area contributed by atoms with Crippen LogP contribution >= 0.6 is 11.8 Å². The zero-order valence-electron chi connectivity index (χ0n) is 13.4. The van der Waals surface area contributed by atoms with Crippen molar-refractivity contribution in [2.45, 2.75) is 13.3 Å². The second kappa shape index (κ2) is 6.87. The smallest absolute Gasteiger partial charge is 0.405 e. The number of rotatable bonds is 3. The molecule has 0 spiro atoms. The van der Waals surface area contributed by atoms with E-state index in [0.717, 1.165) is 11.8 Å². The van der Waals surface area contributed by atoms with Gasteiger partial charge in [0, 0.05) is 5.56 Å². The van der Waals surface area contributed by atoms with Gasteiger partial charge < -0.3 is 4.74 Å². The van der Waals surface area contributed by atoms with Crippen molar-refractivity contribution in [1.29, 1.82) is 0 Å². The highest BCUT2D eigenvalue weighted by Gasteiger charge is 2.32. The summed E-state index contributed by atoms with van der Waals surface area (Å²) in [7, 11) is 0. The molecule has 1 aliphatic heterocycles. The SMILES string of the molecule is CC(=C1SC(=O)NC1=O)c1cccc(-c2ccccc2OC(F)(F)F)c1. The largest absolute Gasteiger partial charge is 0.573 e. The van der Waals surface area contributed by atoms with Gasteiger partial charge in [0.25, 0.3) is 11.1 Å². The highest BCUT2D eigenvalue weighted by molar-refractivity contribution is 8.18.